The topological polar surface area (TPSA) is 46.5 Å². The predicted molar refractivity (Wildman–Crippen MR) is 61.5 cm³/mol. The van der Waals surface area contributed by atoms with E-state index in [0.29, 0.717) is 6.61 Å². The number of hydrogen-bond acceptors (Lipinski definition) is 2. The van der Waals surface area contributed by atoms with E-state index in [2.05, 4.69) is 0 Å². The maximum atomic E-state index is 10.7. The van der Waals surface area contributed by atoms with Gasteiger partial charge >= 0.3 is 5.97 Å². The molecular formula is C9H13Cl3O3. The van der Waals surface area contributed by atoms with Crippen LogP contribution in [0.25, 0.3) is 0 Å². The summed E-state index contributed by atoms with van der Waals surface area (Å²) in [5, 5.41) is 8.77. The van der Waals surface area contributed by atoms with Gasteiger partial charge in [0.05, 0.1) is 18.4 Å². The average molecular weight is 276 g/mol. The smallest absolute Gasteiger partial charge is 0.334 e. The van der Waals surface area contributed by atoms with Crippen LogP contribution in [-0.2, 0) is 9.53 Å². The second kappa shape index (κ2) is 7.20. The molecule has 0 rings (SSSR count). The summed E-state index contributed by atoms with van der Waals surface area (Å²) in [4.78, 5) is 10.7. The van der Waals surface area contributed by atoms with Crippen LogP contribution >= 0.6 is 34.8 Å². The predicted octanol–water partition coefficient (Wildman–Crippen LogP) is 3.53. The van der Waals surface area contributed by atoms with E-state index in [1.807, 2.05) is 6.92 Å². The summed E-state index contributed by atoms with van der Waals surface area (Å²) in [6.45, 7) is 2.47. The van der Waals surface area contributed by atoms with E-state index in [1.54, 1.807) is 0 Å². The summed E-state index contributed by atoms with van der Waals surface area (Å²) in [5.41, 5.74) is -0.0499. The maximum absolute atomic E-state index is 10.7. The molecule has 0 saturated heterocycles. The van der Waals surface area contributed by atoms with Crippen LogP contribution in [0.5, 0.6) is 0 Å². The summed E-state index contributed by atoms with van der Waals surface area (Å²) in [7, 11) is 0. The van der Waals surface area contributed by atoms with Gasteiger partial charge in [-0.1, -0.05) is 48.1 Å². The second-order valence-electron chi connectivity index (χ2n) is 2.96. The first-order valence-electron chi connectivity index (χ1n) is 4.47. The van der Waals surface area contributed by atoms with Gasteiger partial charge in [0.25, 0.3) is 0 Å². The normalized spacial score (nSPS) is 12.7. The number of carboxylic acids is 1. The second-order valence-corrected chi connectivity index (χ2v) is 5.48. The molecule has 0 aliphatic carbocycles. The minimum Gasteiger partial charge on any atom is -0.501 e. The zero-order valence-electron chi connectivity index (χ0n) is 8.30. The van der Waals surface area contributed by atoms with E-state index in [9.17, 15) is 4.79 Å². The van der Waals surface area contributed by atoms with Crippen molar-refractivity contribution in [1.82, 2.24) is 0 Å². The molecule has 0 saturated carbocycles. The van der Waals surface area contributed by atoms with Crippen LogP contribution in [0, 0.1) is 0 Å². The van der Waals surface area contributed by atoms with Crippen molar-refractivity contribution in [2.75, 3.05) is 6.61 Å². The molecule has 0 aromatic rings. The minimum atomic E-state index is -1.61. The molecule has 0 bridgehead atoms. The lowest BCUT2D eigenvalue weighted by Crippen LogP contribution is -2.11. The lowest BCUT2D eigenvalue weighted by molar-refractivity contribution is -0.133. The number of ether oxygens (including phenoxy) is 1. The number of halogens is 3. The van der Waals surface area contributed by atoms with E-state index >= 15 is 0 Å². The van der Waals surface area contributed by atoms with Crippen LogP contribution in [0.3, 0.4) is 0 Å². The molecule has 3 nitrogen and oxygen atoms in total. The number of hydrogen-bond donors (Lipinski definition) is 1. The zero-order valence-corrected chi connectivity index (χ0v) is 10.6. The standard InChI is InChI=1S/C9H13Cl3O3/c1-2-3-4-15-6-7(8(13)14)5-9(10,11)12/h6H,2-5H2,1H3,(H,13,14). The largest absolute Gasteiger partial charge is 0.501 e. The molecule has 0 fully saturated rings. The van der Waals surface area contributed by atoms with Gasteiger partial charge in [-0.3, -0.25) is 0 Å². The van der Waals surface area contributed by atoms with Gasteiger partial charge in [-0.05, 0) is 6.42 Å². The molecular weight excluding hydrogens is 262 g/mol. The number of unbranched alkanes of at least 4 members (excludes halogenated alkanes) is 1. The highest BCUT2D eigenvalue weighted by Gasteiger charge is 2.25. The molecule has 88 valence electrons. The summed E-state index contributed by atoms with van der Waals surface area (Å²) < 4.78 is 3.41. The number of carbonyl (C=O) groups is 1. The van der Waals surface area contributed by atoms with Crippen molar-refractivity contribution in [2.24, 2.45) is 0 Å². The van der Waals surface area contributed by atoms with Crippen molar-refractivity contribution >= 4 is 40.8 Å². The monoisotopic (exact) mass is 274 g/mol. The van der Waals surface area contributed by atoms with Crippen molar-refractivity contribution in [1.29, 1.82) is 0 Å². The molecule has 0 spiro atoms. The van der Waals surface area contributed by atoms with Crippen LogP contribution in [0.4, 0.5) is 0 Å². The van der Waals surface area contributed by atoms with Crippen LogP contribution in [0.15, 0.2) is 11.8 Å². The van der Waals surface area contributed by atoms with E-state index in [4.69, 9.17) is 44.6 Å². The van der Waals surface area contributed by atoms with Gasteiger partial charge in [0.1, 0.15) is 0 Å². The highest BCUT2D eigenvalue weighted by molar-refractivity contribution is 6.67. The molecule has 0 heterocycles. The van der Waals surface area contributed by atoms with Gasteiger partial charge in [-0.15, -0.1) is 0 Å². The van der Waals surface area contributed by atoms with Gasteiger partial charge in [-0.25, -0.2) is 4.79 Å². The first-order chi connectivity index (χ1) is 6.87. The molecule has 6 heteroatoms. The summed E-state index contributed by atoms with van der Waals surface area (Å²) in [5.74, 6) is -1.14. The Morgan fingerprint density at radius 2 is 2.07 bits per heavy atom. The fourth-order valence-electron chi connectivity index (χ4n) is 0.771. The SMILES string of the molecule is CCCCOC=C(CC(Cl)(Cl)Cl)C(=O)O. The first kappa shape index (κ1) is 14.9. The molecule has 0 unspecified atom stereocenters. The van der Waals surface area contributed by atoms with Crippen molar-refractivity contribution in [3.63, 3.8) is 0 Å². The third kappa shape index (κ3) is 8.85. The Kier molecular flexibility index (Phi) is 7.14. The average Bonchev–Trinajstić information content (AvgIpc) is 2.08. The third-order valence-corrected chi connectivity index (χ3v) is 1.91. The van der Waals surface area contributed by atoms with Gasteiger partial charge in [0.2, 0.25) is 0 Å². The Balaban J connectivity index is 4.21. The zero-order chi connectivity index (χ0) is 11.9. The first-order valence-corrected chi connectivity index (χ1v) is 5.61. The molecule has 0 aliphatic rings. The molecule has 0 aromatic heterocycles. The van der Waals surface area contributed by atoms with Crippen molar-refractivity contribution < 1.29 is 14.6 Å². The Morgan fingerprint density at radius 3 is 2.47 bits per heavy atom. The molecule has 0 aliphatic heterocycles. The number of rotatable bonds is 6. The van der Waals surface area contributed by atoms with Crippen molar-refractivity contribution in [3.05, 3.63) is 11.8 Å². The Morgan fingerprint density at radius 1 is 1.47 bits per heavy atom. The number of aliphatic carboxylic acids is 1. The fourth-order valence-corrected chi connectivity index (χ4v) is 1.20. The summed E-state index contributed by atoms with van der Waals surface area (Å²) in [6, 6.07) is 0. The molecule has 0 atom stereocenters. The molecule has 15 heavy (non-hydrogen) atoms. The Hall–Kier alpha value is -0.120. The van der Waals surface area contributed by atoms with E-state index in [1.165, 1.54) is 0 Å². The molecule has 0 amide bonds. The number of carboxylic acid groups (broad SMARTS) is 1. The molecule has 0 aromatic carbocycles. The Bertz CT molecular complexity index is 233. The third-order valence-electron chi connectivity index (χ3n) is 1.51. The highest BCUT2D eigenvalue weighted by Crippen LogP contribution is 2.33. The van der Waals surface area contributed by atoms with Gasteiger partial charge in [0, 0.05) is 6.42 Å². The molecule has 0 radical (unpaired) electrons. The Labute approximate surface area is 104 Å². The van der Waals surface area contributed by atoms with E-state index in [-0.39, 0.29) is 12.0 Å². The van der Waals surface area contributed by atoms with Crippen LogP contribution in [0.2, 0.25) is 0 Å². The van der Waals surface area contributed by atoms with Crippen molar-refractivity contribution in [3.8, 4) is 0 Å². The quantitative estimate of drug-likeness (QED) is 0.349. The van der Waals surface area contributed by atoms with Crippen molar-refractivity contribution in [2.45, 2.75) is 30.0 Å². The lowest BCUT2D eigenvalue weighted by Gasteiger charge is -2.10. The van der Waals surface area contributed by atoms with Crippen LogP contribution in [-0.4, -0.2) is 21.5 Å². The van der Waals surface area contributed by atoms with Gasteiger partial charge in [-0.2, -0.15) is 0 Å². The minimum absolute atomic E-state index is 0.0499. The summed E-state index contributed by atoms with van der Waals surface area (Å²) >= 11 is 16.4. The van der Waals surface area contributed by atoms with E-state index < -0.39 is 9.76 Å². The summed E-state index contributed by atoms with van der Waals surface area (Å²) in [6.07, 6.45) is 2.79. The molecule has 1 N–H and O–H groups in total. The van der Waals surface area contributed by atoms with Crippen LogP contribution < -0.4 is 0 Å². The maximum Gasteiger partial charge on any atom is 0.334 e. The van der Waals surface area contributed by atoms with E-state index in [0.717, 1.165) is 19.1 Å². The van der Waals surface area contributed by atoms with Gasteiger partial charge < -0.3 is 9.84 Å². The highest BCUT2D eigenvalue weighted by atomic mass is 35.6. The number of alkyl halides is 3. The lowest BCUT2D eigenvalue weighted by atomic mass is 10.2. The fraction of sp³-hybridized carbons (Fsp3) is 0.667. The van der Waals surface area contributed by atoms with Gasteiger partial charge in [0.15, 0.2) is 3.79 Å². The van der Waals surface area contributed by atoms with Crippen LogP contribution in [0.1, 0.15) is 26.2 Å².